The van der Waals surface area contributed by atoms with E-state index >= 15 is 0 Å². The number of amides is 1. The first kappa shape index (κ1) is 20.6. The first-order valence-corrected chi connectivity index (χ1v) is 8.01. The minimum Gasteiger partial charge on any atom is -0.384 e. The van der Waals surface area contributed by atoms with Crippen LogP contribution in [0.1, 0.15) is 6.92 Å². The van der Waals surface area contributed by atoms with Gasteiger partial charge in [-0.3, -0.25) is 4.79 Å². The van der Waals surface area contributed by atoms with Crippen molar-refractivity contribution >= 4 is 39.7 Å². The van der Waals surface area contributed by atoms with Crippen LogP contribution in [0.15, 0.2) is 23.1 Å². The molecule has 0 spiro atoms. The number of nitrogens with one attached hydrogen (secondary N) is 3. The summed E-state index contributed by atoms with van der Waals surface area (Å²) in [6.07, 6.45) is 0. The Labute approximate surface area is 137 Å². The molecule has 1 aromatic rings. The van der Waals surface area contributed by atoms with Crippen LogP contribution >= 0.6 is 12.4 Å². The largest absolute Gasteiger partial charge is 0.384 e. The number of anilines is 2. The smallest absolute Gasteiger partial charge is 0.242 e. The van der Waals surface area contributed by atoms with E-state index in [1.165, 1.54) is 26.2 Å². The van der Waals surface area contributed by atoms with Crippen molar-refractivity contribution < 1.29 is 13.2 Å². The first-order valence-electron chi connectivity index (χ1n) is 6.57. The van der Waals surface area contributed by atoms with Crippen LogP contribution in [-0.2, 0) is 14.8 Å². The number of carbonyl (C=O) groups is 1. The zero-order valence-electron chi connectivity index (χ0n) is 13.1. The highest BCUT2D eigenvalue weighted by atomic mass is 35.5. The molecule has 0 atom stereocenters. The summed E-state index contributed by atoms with van der Waals surface area (Å²) in [4.78, 5) is 11.8. The molecular weight excluding hydrogens is 328 g/mol. The molecule has 0 fully saturated rings. The third-order valence-electron chi connectivity index (χ3n) is 2.75. The summed E-state index contributed by atoms with van der Waals surface area (Å²) in [6, 6.07) is 4.62. The lowest BCUT2D eigenvalue weighted by Crippen LogP contribution is -2.26. The van der Waals surface area contributed by atoms with E-state index in [9.17, 15) is 13.2 Å². The topological polar surface area (TPSA) is 90.5 Å². The summed E-state index contributed by atoms with van der Waals surface area (Å²) in [7, 11) is 1.05. The van der Waals surface area contributed by atoms with E-state index in [2.05, 4.69) is 16.0 Å². The molecule has 1 rings (SSSR count). The van der Waals surface area contributed by atoms with Gasteiger partial charge in [0.2, 0.25) is 15.9 Å². The number of hydrogen-bond acceptors (Lipinski definition) is 5. The average Bonchev–Trinajstić information content (AvgIpc) is 2.40. The number of sulfonamides is 1. The Bertz CT molecular complexity index is 605. The lowest BCUT2D eigenvalue weighted by atomic mass is 10.2. The summed E-state index contributed by atoms with van der Waals surface area (Å²) in [5.74, 6) is -0.240. The van der Waals surface area contributed by atoms with Crippen LogP contribution in [0.25, 0.3) is 0 Å². The molecule has 0 saturated carbocycles. The summed E-state index contributed by atoms with van der Waals surface area (Å²) >= 11 is 0. The van der Waals surface area contributed by atoms with Crippen molar-refractivity contribution in [3.8, 4) is 0 Å². The molecule has 7 nitrogen and oxygen atoms in total. The number of nitrogens with zero attached hydrogens (tertiary/aromatic N) is 1. The maximum atomic E-state index is 12.1. The van der Waals surface area contributed by atoms with Crippen molar-refractivity contribution in [2.24, 2.45) is 0 Å². The van der Waals surface area contributed by atoms with E-state index in [1.807, 2.05) is 6.92 Å². The molecule has 0 radical (unpaired) electrons. The Morgan fingerprint density at radius 3 is 2.36 bits per heavy atom. The van der Waals surface area contributed by atoms with Crippen LogP contribution in [0.5, 0.6) is 0 Å². The van der Waals surface area contributed by atoms with E-state index in [-0.39, 0.29) is 29.8 Å². The SMILES string of the molecule is CCNc1ccc(S(=O)(=O)N(C)C)cc1NC(=O)CNC.Cl. The van der Waals surface area contributed by atoms with Gasteiger partial charge in [-0.1, -0.05) is 0 Å². The van der Waals surface area contributed by atoms with Crippen LogP contribution in [0.2, 0.25) is 0 Å². The Kier molecular flexibility index (Phi) is 8.39. The average molecular weight is 351 g/mol. The quantitative estimate of drug-likeness (QED) is 0.681. The monoisotopic (exact) mass is 350 g/mol. The van der Waals surface area contributed by atoms with Gasteiger partial charge in [0.1, 0.15) is 0 Å². The Morgan fingerprint density at radius 2 is 1.86 bits per heavy atom. The molecule has 0 aliphatic carbocycles. The van der Waals surface area contributed by atoms with Crippen LogP contribution in [0, 0.1) is 0 Å². The molecule has 0 aliphatic heterocycles. The molecule has 3 N–H and O–H groups in total. The molecule has 9 heteroatoms. The Morgan fingerprint density at radius 1 is 1.23 bits per heavy atom. The Hall–Kier alpha value is -1.35. The fraction of sp³-hybridized carbons (Fsp3) is 0.462. The van der Waals surface area contributed by atoms with E-state index in [0.717, 1.165) is 4.31 Å². The predicted octanol–water partition coefficient (Wildman–Crippen LogP) is 0.948. The number of hydrogen-bond donors (Lipinski definition) is 3. The van der Waals surface area contributed by atoms with Crippen LogP contribution in [0.3, 0.4) is 0 Å². The lowest BCUT2D eigenvalue weighted by molar-refractivity contribution is -0.115. The molecular formula is C13H23ClN4O3S. The molecule has 0 heterocycles. The summed E-state index contributed by atoms with van der Waals surface area (Å²) in [5, 5.41) is 8.53. The van der Waals surface area contributed by atoms with Crippen molar-refractivity contribution in [2.75, 3.05) is 44.9 Å². The van der Waals surface area contributed by atoms with Gasteiger partial charge in [-0.25, -0.2) is 12.7 Å². The van der Waals surface area contributed by atoms with Gasteiger partial charge in [0.05, 0.1) is 22.8 Å². The number of halogens is 1. The van der Waals surface area contributed by atoms with Gasteiger partial charge in [0.15, 0.2) is 0 Å². The fourth-order valence-electron chi connectivity index (χ4n) is 1.70. The zero-order chi connectivity index (χ0) is 16.0. The van der Waals surface area contributed by atoms with E-state index in [1.54, 1.807) is 13.1 Å². The van der Waals surface area contributed by atoms with Crippen molar-refractivity contribution in [3.63, 3.8) is 0 Å². The van der Waals surface area contributed by atoms with Gasteiger partial charge in [0.25, 0.3) is 0 Å². The van der Waals surface area contributed by atoms with Gasteiger partial charge in [-0.2, -0.15) is 0 Å². The number of benzene rings is 1. The van der Waals surface area contributed by atoms with Crippen molar-refractivity contribution in [1.82, 2.24) is 9.62 Å². The van der Waals surface area contributed by atoms with Crippen molar-refractivity contribution in [1.29, 1.82) is 0 Å². The molecule has 0 unspecified atom stereocenters. The fourth-order valence-corrected chi connectivity index (χ4v) is 2.63. The van der Waals surface area contributed by atoms with Crippen LogP contribution in [0.4, 0.5) is 11.4 Å². The maximum absolute atomic E-state index is 12.1. The molecule has 0 aliphatic rings. The van der Waals surface area contributed by atoms with Gasteiger partial charge in [0, 0.05) is 20.6 Å². The second kappa shape index (κ2) is 8.94. The highest BCUT2D eigenvalue weighted by Gasteiger charge is 2.19. The highest BCUT2D eigenvalue weighted by molar-refractivity contribution is 7.89. The zero-order valence-corrected chi connectivity index (χ0v) is 14.8. The lowest BCUT2D eigenvalue weighted by Gasteiger charge is -2.16. The Balaban J connectivity index is 0.00000441. The molecule has 126 valence electrons. The number of likely N-dealkylation sites (N-methyl/N-ethyl adjacent to an activating group) is 1. The predicted molar refractivity (Wildman–Crippen MR) is 91.3 cm³/mol. The molecule has 0 bridgehead atoms. The highest BCUT2D eigenvalue weighted by Crippen LogP contribution is 2.26. The summed E-state index contributed by atoms with van der Waals surface area (Å²) in [5.41, 5.74) is 1.12. The number of carbonyl (C=O) groups excluding carboxylic acids is 1. The molecule has 0 saturated heterocycles. The minimum atomic E-state index is -3.54. The standard InChI is InChI=1S/C13H22N4O3S.ClH/c1-5-15-11-7-6-10(21(19,20)17(3)4)8-12(11)16-13(18)9-14-2;/h6-8,14-15H,5,9H2,1-4H3,(H,16,18);1H. The minimum absolute atomic E-state index is 0. The van der Waals surface area contributed by atoms with E-state index < -0.39 is 10.0 Å². The third-order valence-corrected chi connectivity index (χ3v) is 4.56. The van der Waals surface area contributed by atoms with Gasteiger partial charge >= 0.3 is 0 Å². The van der Waals surface area contributed by atoms with Crippen LogP contribution in [-0.4, -0.2) is 52.9 Å². The first-order chi connectivity index (χ1) is 9.82. The van der Waals surface area contributed by atoms with Crippen molar-refractivity contribution in [3.05, 3.63) is 18.2 Å². The van der Waals surface area contributed by atoms with Crippen molar-refractivity contribution in [2.45, 2.75) is 11.8 Å². The molecule has 22 heavy (non-hydrogen) atoms. The maximum Gasteiger partial charge on any atom is 0.242 e. The number of rotatable bonds is 7. The van der Waals surface area contributed by atoms with E-state index in [4.69, 9.17) is 0 Å². The van der Waals surface area contributed by atoms with E-state index in [0.29, 0.717) is 17.9 Å². The molecule has 1 amide bonds. The van der Waals surface area contributed by atoms with Gasteiger partial charge in [-0.05, 0) is 32.2 Å². The van der Waals surface area contributed by atoms with Crippen LogP contribution < -0.4 is 16.0 Å². The summed E-state index contributed by atoms with van der Waals surface area (Å²) < 4.78 is 25.4. The van der Waals surface area contributed by atoms with Gasteiger partial charge in [-0.15, -0.1) is 12.4 Å². The summed E-state index contributed by atoms with van der Waals surface area (Å²) in [6.45, 7) is 2.73. The van der Waals surface area contributed by atoms with Gasteiger partial charge < -0.3 is 16.0 Å². The second-order valence-electron chi connectivity index (χ2n) is 4.60. The molecule has 1 aromatic carbocycles. The normalized spacial score (nSPS) is 11.0. The second-order valence-corrected chi connectivity index (χ2v) is 6.76. The molecule has 0 aromatic heterocycles. The third kappa shape index (κ3) is 5.13.